The number of pyridine rings is 1. The summed E-state index contributed by atoms with van der Waals surface area (Å²) in [5.41, 5.74) is 5.68. The molecule has 0 aromatic carbocycles. The topological polar surface area (TPSA) is 155 Å². The normalized spacial score (nSPS) is 23.5. The number of rotatable bonds is 6. The van der Waals surface area contributed by atoms with E-state index in [-0.39, 0.29) is 11.5 Å². The molecule has 2 atom stereocenters. The molecule has 3 heterocycles. The highest BCUT2D eigenvalue weighted by Gasteiger charge is 2.48. The summed E-state index contributed by atoms with van der Waals surface area (Å²) in [7, 11) is -2.39. The fourth-order valence-corrected chi connectivity index (χ4v) is 6.85. The van der Waals surface area contributed by atoms with Gasteiger partial charge in [-0.1, -0.05) is 22.8 Å². The summed E-state index contributed by atoms with van der Waals surface area (Å²) in [6.07, 6.45) is 12.4. The molecule has 0 radical (unpaired) electrons. The van der Waals surface area contributed by atoms with Gasteiger partial charge in [0.2, 0.25) is 10.0 Å². The summed E-state index contributed by atoms with van der Waals surface area (Å²) in [5.74, 6) is -1.62. The average Bonchev–Trinajstić information content (AvgIpc) is 3.47. The largest absolute Gasteiger partial charge is 0.380 e. The van der Waals surface area contributed by atoms with Gasteiger partial charge in [-0.15, -0.1) is 0 Å². The number of amidine groups is 1. The third-order valence-electron chi connectivity index (χ3n) is 7.01. The first-order chi connectivity index (χ1) is 17.5. The third-order valence-corrected chi connectivity index (χ3v) is 9.54. The average molecular weight is 545 g/mol. The van der Waals surface area contributed by atoms with E-state index in [1.807, 2.05) is 0 Å². The van der Waals surface area contributed by atoms with E-state index >= 15 is 0 Å². The van der Waals surface area contributed by atoms with Crippen molar-refractivity contribution in [2.75, 3.05) is 0 Å². The lowest BCUT2D eigenvalue weighted by molar-refractivity contribution is -0.174. The van der Waals surface area contributed by atoms with E-state index in [4.69, 9.17) is 22.2 Å². The van der Waals surface area contributed by atoms with Gasteiger partial charge in [0.1, 0.15) is 4.75 Å². The lowest BCUT2D eigenvalue weighted by Gasteiger charge is -2.35. The fraction of sp³-hybridized carbons (Fsp3) is 0.333. The predicted octanol–water partition coefficient (Wildman–Crippen LogP) is 2.26. The van der Waals surface area contributed by atoms with Crippen LogP contribution in [0, 0.1) is 0 Å². The van der Waals surface area contributed by atoms with Crippen LogP contribution in [0.15, 0.2) is 65.3 Å². The minimum absolute atomic E-state index is 0.116. The number of carbonyl (C=O) groups is 1. The van der Waals surface area contributed by atoms with Gasteiger partial charge in [0.05, 0.1) is 6.20 Å². The van der Waals surface area contributed by atoms with Crippen molar-refractivity contribution in [3.05, 3.63) is 71.3 Å². The van der Waals surface area contributed by atoms with E-state index in [9.17, 15) is 18.3 Å². The monoisotopic (exact) mass is 544 g/mol. The summed E-state index contributed by atoms with van der Waals surface area (Å²) in [5, 5.41) is 18.7. The number of nitrogens with two attached hydrogens (primary N) is 1. The number of aryl methyl sites for hydroxylation is 1. The van der Waals surface area contributed by atoms with Gasteiger partial charge in [-0.3, -0.25) is 4.68 Å². The van der Waals surface area contributed by atoms with Crippen molar-refractivity contribution < 1.29 is 23.2 Å². The van der Waals surface area contributed by atoms with Crippen LogP contribution in [0.3, 0.4) is 0 Å². The maximum Gasteiger partial charge on any atom is 0.366 e. The number of carbonyl (C=O) groups excluding carboxylic acids is 1. The number of hydrogen-bond donors (Lipinski definition) is 2. The highest BCUT2D eigenvalue weighted by molar-refractivity contribution is 7.91. The van der Waals surface area contributed by atoms with Gasteiger partial charge in [0.15, 0.2) is 17.1 Å². The van der Waals surface area contributed by atoms with Gasteiger partial charge < -0.3 is 15.7 Å². The Labute approximate surface area is 217 Å². The van der Waals surface area contributed by atoms with Crippen LogP contribution in [0.2, 0.25) is 0 Å². The summed E-state index contributed by atoms with van der Waals surface area (Å²) in [6, 6.07) is 3.08. The maximum absolute atomic E-state index is 14.2. The van der Waals surface area contributed by atoms with E-state index in [0.29, 0.717) is 40.8 Å². The molecule has 3 aromatic rings. The summed E-state index contributed by atoms with van der Waals surface area (Å²) in [6.45, 7) is 1.60. The molecule has 2 aliphatic rings. The molecule has 0 aliphatic heterocycles. The molecule has 194 valence electrons. The summed E-state index contributed by atoms with van der Waals surface area (Å²) < 4.78 is 29.6. The Balaban J connectivity index is 1.54. The standard InChI is InChI=1S/C24H25ClN6O5S/c1-23(12-16(25)4-5-19(23)15-13-28-30(2)14-15)37(34,35)31-11-7-18-17(6-10-27-21(18)31)20(26)29-36-22(32)24(33)8-3-9-24/h4-7,10-14,19,33H,3,8-9H2,1-2H3,(H2,26,29). The first-order valence-electron chi connectivity index (χ1n) is 11.5. The van der Waals surface area contributed by atoms with Gasteiger partial charge in [-0.25, -0.2) is 22.2 Å². The molecular formula is C24H25ClN6O5S. The van der Waals surface area contributed by atoms with Crippen molar-refractivity contribution >= 4 is 44.5 Å². The van der Waals surface area contributed by atoms with Gasteiger partial charge in [0.25, 0.3) is 0 Å². The third kappa shape index (κ3) is 4.05. The number of fused-ring (bicyclic) bond motifs is 1. The summed E-state index contributed by atoms with van der Waals surface area (Å²) in [4.78, 5) is 21.3. The minimum Gasteiger partial charge on any atom is -0.380 e. The minimum atomic E-state index is -4.14. The van der Waals surface area contributed by atoms with Crippen LogP contribution in [0.25, 0.3) is 11.0 Å². The number of nitrogens with zero attached hydrogens (tertiary/aromatic N) is 5. The second-order valence-electron chi connectivity index (χ2n) is 9.45. The van der Waals surface area contributed by atoms with Gasteiger partial charge in [0, 0.05) is 47.5 Å². The highest BCUT2D eigenvalue weighted by Crippen LogP contribution is 2.43. The van der Waals surface area contributed by atoms with E-state index in [0.717, 1.165) is 3.97 Å². The quantitative estimate of drug-likeness (QED) is 0.207. The zero-order valence-electron chi connectivity index (χ0n) is 20.1. The Kier molecular flexibility index (Phi) is 6.00. The van der Waals surface area contributed by atoms with Crippen LogP contribution < -0.4 is 5.73 Å². The molecule has 0 bridgehead atoms. The number of oxime groups is 1. The van der Waals surface area contributed by atoms with Crippen LogP contribution in [0.4, 0.5) is 0 Å². The zero-order chi connectivity index (χ0) is 26.6. The van der Waals surface area contributed by atoms with Crippen molar-refractivity contribution in [2.24, 2.45) is 17.9 Å². The molecule has 0 amide bonds. The Morgan fingerprint density at radius 2 is 2.11 bits per heavy atom. The molecular weight excluding hydrogens is 520 g/mol. The molecule has 2 unspecified atom stereocenters. The van der Waals surface area contributed by atoms with Crippen molar-refractivity contribution in [3.8, 4) is 0 Å². The molecule has 2 aliphatic carbocycles. The Morgan fingerprint density at radius 1 is 1.35 bits per heavy atom. The first-order valence-corrected chi connectivity index (χ1v) is 13.3. The predicted molar refractivity (Wildman–Crippen MR) is 137 cm³/mol. The Hall–Kier alpha value is -3.48. The molecule has 1 saturated carbocycles. The number of halogens is 1. The molecule has 13 heteroatoms. The number of allylic oxidation sites excluding steroid dienone is 3. The molecule has 0 spiro atoms. The van der Waals surface area contributed by atoms with E-state index in [1.165, 1.54) is 24.5 Å². The number of aliphatic hydroxyl groups is 1. The van der Waals surface area contributed by atoms with Gasteiger partial charge >= 0.3 is 5.97 Å². The lowest BCUT2D eigenvalue weighted by Crippen LogP contribution is -2.45. The van der Waals surface area contributed by atoms with Crippen molar-refractivity contribution in [1.29, 1.82) is 0 Å². The molecule has 11 nitrogen and oxygen atoms in total. The Bertz CT molecular complexity index is 1600. The molecule has 37 heavy (non-hydrogen) atoms. The number of hydrogen-bond acceptors (Lipinski definition) is 8. The van der Waals surface area contributed by atoms with Gasteiger partial charge in [-0.05, 0) is 56.0 Å². The molecule has 1 fully saturated rings. The second kappa shape index (κ2) is 8.82. The van der Waals surface area contributed by atoms with Crippen LogP contribution in [-0.4, -0.2) is 54.4 Å². The lowest BCUT2D eigenvalue weighted by atomic mass is 9.80. The van der Waals surface area contributed by atoms with Gasteiger partial charge in [-0.2, -0.15) is 5.10 Å². The molecule has 5 rings (SSSR count). The van der Waals surface area contributed by atoms with Crippen LogP contribution >= 0.6 is 11.6 Å². The van der Waals surface area contributed by atoms with E-state index in [1.54, 1.807) is 49.3 Å². The number of aromatic nitrogens is 4. The molecule has 0 saturated heterocycles. The van der Waals surface area contributed by atoms with Crippen molar-refractivity contribution in [3.63, 3.8) is 0 Å². The molecule has 3 N–H and O–H groups in total. The SMILES string of the molecule is Cn1cc(C2C=CC(Cl)=CC2(C)S(=O)(=O)n2ccc3c(/C(N)=N/OC(=O)C4(O)CCC4)ccnc32)cn1. The second-order valence-corrected chi connectivity index (χ2v) is 12.1. The smallest absolute Gasteiger partial charge is 0.366 e. The van der Waals surface area contributed by atoms with Crippen LogP contribution in [0.5, 0.6) is 0 Å². The first kappa shape index (κ1) is 25.2. The fourth-order valence-electron chi connectivity index (χ4n) is 4.65. The van der Waals surface area contributed by atoms with E-state index < -0.39 is 32.3 Å². The Morgan fingerprint density at radius 3 is 2.76 bits per heavy atom. The van der Waals surface area contributed by atoms with Crippen molar-refractivity contribution in [1.82, 2.24) is 18.7 Å². The van der Waals surface area contributed by atoms with Crippen LogP contribution in [0.1, 0.15) is 43.2 Å². The highest BCUT2D eigenvalue weighted by atomic mass is 35.5. The maximum atomic E-state index is 14.2. The van der Waals surface area contributed by atoms with Crippen molar-refractivity contribution in [2.45, 2.75) is 42.5 Å². The molecule has 3 aromatic heterocycles. The van der Waals surface area contributed by atoms with Crippen LogP contribution in [-0.2, 0) is 26.7 Å². The zero-order valence-corrected chi connectivity index (χ0v) is 21.6. The summed E-state index contributed by atoms with van der Waals surface area (Å²) >= 11 is 6.29. The van der Waals surface area contributed by atoms with E-state index in [2.05, 4.69) is 15.2 Å².